The average molecular weight is 467 g/mol. The van der Waals surface area contributed by atoms with Crippen molar-refractivity contribution in [2.24, 2.45) is 0 Å². The van der Waals surface area contributed by atoms with Gasteiger partial charge in [0.25, 0.3) is 21.8 Å². The van der Waals surface area contributed by atoms with Crippen molar-refractivity contribution in [3.8, 4) is 0 Å². The van der Waals surface area contributed by atoms with Gasteiger partial charge >= 0.3 is 0 Å². The molecule has 3 rings (SSSR count). The number of carbonyl (C=O) groups excluding carboxylic acids is 2. The van der Waals surface area contributed by atoms with E-state index < -0.39 is 21.8 Å². The number of benzene rings is 3. The molecule has 0 heterocycles. The quantitative estimate of drug-likeness (QED) is 0.441. The van der Waals surface area contributed by atoms with E-state index in [0.29, 0.717) is 11.3 Å². The Balaban J connectivity index is 1.57. The van der Waals surface area contributed by atoms with E-state index in [-0.39, 0.29) is 10.5 Å². The van der Waals surface area contributed by atoms with Crippen LogP contribution in [0.1, 0.15) is 34.6 Å². The highest BCUT2D eigenvalue weighted by Gasteiger charge is 2.14. The number of carbonyl (C=O) groups is 2. The Morgan fingerprint density at radius 1 is 0.727 bits per heavy atom. The third kappa shape index (κ3) is 6.11. The van der Waals surface area contributed by atoms with E-state index in [2.05, 4.69) is 34.3 Å². The molecular formula is C24H26N4O4S. The van der Waals surface area contributed by atoms with Gasteiger partial charge in [-0.05, 0) is 74.5 Å². The molecule has 0 unspecified atom stereocenters. The minimum Gasteiger partial charge on any atom is -0.372 e. The molecule has 3 aromatic carbocycles. The molecule has 0 atom stereocenters. The molecule has 0 aromatic heterocycles. The molecule has 0 aliphatic rings. The third-order valence-electron chi connectivity index (χ3n) is 5.00. The Morgan fingerprint density at radius 2 is 1.21 bits per heavy atom. The lowest BCUT2D eigenvalue weighted by molar-refractivity contribution is 0.0846. The highest BCUT2D eigenvalue weighted by atomic mass is 32.2. The van der Waals surface area contributed by atoms with E-state index in [4.69, 9.17) is 0 Å². The molecule has 0 aliphatic carbocycles. The minimum absolute atomic E-state index is 0.139. The smallest absolute Gasteiger partial charge is 0.269 e. The topological polar surface area (TPSA) is 108 Å². The molecule has 0 aliphatic heterocycles. The summed E-state index contributed by atoms with van der Waals surface area (Å²) in [6.45, 7) is 5.85. The van der Waals surface area contributed by atoms with Crippen LogP contribution in [-0.2, 0) is 10.0 Å². The maximum Gasteiger partial charge on any atom is 0.269 e. The predicted octanol–water partition coefficient (Wildman–Crippen LogP) is 3.41. The second kappa shape index (κ2) is 10.6. The molecule has 0 saturated carbocycles. The molecule has 172 valence electrons. The van der Waals surface area contributed by atoms with Crippen molar-refractivity contribution in [2.75, 3.05) is 22.7 Å². The molecule has 2 amide bonds. The van der Waals surface area contributed by atoms with E-state index in [9.17, 15) is 18.0 Å². The number of rotatable bonds is 8. The highest BCUT2D eigenvalue weighted by Crippen LogP contribution is 2.17. The highest BCUT2D eigenvalue weighted by molar-refractivity contribution is 7.92. The fourth-order valence-electron chi connectivity index (χ4n) is 3.17. The fraction of sp³-hybridized carbons (Fsp3) is 0.167. The number of hydrazine groups is 1. The molecule has 3 aromatic rings. The first-order chi connectivity index (χ1) is 15.8. The summed E-state index contributed by atoms with van der Waals surface area (Å²) < 4.78 is 27.2. The van der Waals surface area contributed by atoms with Gasteiger partial charge in [0.15, 0.2) is 0 Å². The number of hydrogen-bond donors (Lipinski definition) is 3. The van der Waals surface area contributed by atoms with Crippen LogP contribution in [0.2, 0.25) is 0 Å². The molecule has 0 saturated heterocycles. The Labute approximate surface area is 193 Å². The molecule has 33 heavy (non-hydrogen) atoms. The van der Waals surface area contributed by atoms with Gasteiger partial charge in [-0.1, -0.05) is 18.2 Å². The number of hydrogen-bond acceptors (Lipinski definition) is 5. The standard InChI is InChI=1S/C24H26N4O4S/c1-3-28(4-2)21-16-12-19(13-17-21)24(30)26-25-23(29)18-10-14-20(15-11-18)27-33(31,32)22-8-6-5-7-9-22/h5-17,27H,3-4H2,1-2H3,(H,25,29)(H,26,30). The van der Waals surface area contributed by atoms with E-state index >= 15 is 0 Å². The average Bonchev–Trinajstić information content (AvgIpc) is 2.84. The first-order valence-electron chi connectivity index (χ1n) is 10.5. The van der Waals surface area contributed by atoms with E-state index in [1.807, 2.05) is 12.1 Å². The summed E-state index contributed by atoms with van der Waals surface area (Å²) in [6, 6.07) is 21.0. The Hall–Kier alpha value is -3.85. The van der Waals surface area contributed by atoms with Crippen molar-refractivity contribution in [1.82, 2.24) is 10.9 Å². The monoisotopic (exact) mass is 466 g/mol. The van der Waals surface area contributed by atoms with Gasteiger partial charge in [-0.3, -0.25) is 25.2 Å². The van der Waals surface area contributed by atoms with Crippen molar-refractivity contribution in [2.45, 2.75) is 18.7 Å². The van der Waals surface area contributed by atoms with Gasteiger partial charge in [-0.15, -0.1) is 0 Å². The lowest BCUT2D eigenvalue weighted by atomic mass is 10.2. The first-order valence-corrected chi connectivity index (χ1v) is 12.0. The summed E-state index contributed by atoms with van der Waals surface area (Å²) in [5.41, 5.74) is 6.75. The van der Waals surface area contributed by atoms with Gasteiger partial charge in [0, 0.05) is 35.6 Å². The molecule has 0 bridgehead atoms. The van der Waals surface area contributed by atoms with Gasteiger partial charge in [-0.2, -0.15) is 0 Å². The van der Waals surface area contributed by atoms with Crippen molar-refractivity contribution in [1.29, 1.82) is 0 Å². The zero-order valence-corrected chi connectivity index (χ0v) is 19.2. The van der Waals surface area contributed by atoms with Gasteiger partial charge in [-0.25, -0.2) is 8.42 Å². The van der Waals surface area contributed by atoms with Crippen molar-refractivity contribution in [3.63, 3.8) is 0 Å². The molecule has 9 heteroatoms. The lowest BCUT2D eigenvalue weighted by Crippen LogP contribution is -2.41. The summed E-state index contributed by atoms with van der Waals surface area (Å²) in [7, 11) is -3.72. The zero-order chi connectivity index (χ0) is 23.8. The molecule has 0 fully saturated rings. The van der Waals surface area contributed by atoms with E-state index in [0.717, 1.165) is 18.8 Å². The molecule has 0 spiro atoms. The van der Waals surface area contributed by atoms with Gasteiger partial charge < -0.3 is 4.90 Å². The van der Waals surface area contributed by atoms with Crippen LogP contribution in [0.3, 0.4) is 0 Å². The van der Waals surface area contributed by atoms with Crippen LogP contribution >= 0.6 is 0 Å². The van der Waals surface area contributed by atoms with Crippen LogP contribution in [0.5, 0.6) is 0 Å². The largest absolute Gasteiger partial charge is 0.372 e. The molecule has 3 N–H and O–H groups in total. The summed E-state index contributed by atoms with van der Waals surface area (Å²) in [4.78, 5) is 27.0. The van der Waals surface area contributed by atoms with E-state index in [1.54, 1.807) is 30.3 Å². The number of sulfonamides is 1. The van der Waals surface area contributed by atoms with Crippen LogP contribution in [0.15, 0.2) is 83.8 Å². The predicted molar refractivity (Wildman–Crippen MR) is 129 cm³/mol. The number of amides is 2. The van der Waals surface area contributed by atoms with Crippen LogP contribution in [-0.4, -0.2) is 33.3 Å². The maximum absolute atomic E-state index is 12.4. The zero-order valence-electron chi connectivity index (χ0n) is 18.4. The van der Waals surface area contributed by atoms with Crippen LogP contribution in [0.25, 0.3) is 0 Å². The molecule has 0 radical (unpaired) electrons. The summed E-state index contributed by atoms with van der Waals surface area (Å²) in [5.74, 6) is -0.970. The summed E-state index contributed by atoms with van der Waals surface area (Å²) in [5, 5.41) is 0. The maximum atomic E-state index is 12.4. The van der Waals surface area contributed by atoms with Crippen LogP contribution < -0.4 is 20.5 Å². The first kappa shape index (κ1) is 23.8. The molecular weight excluding hydrogens is 440 g/mol. The number of anilines is 2. The van der Waals surface area contributed by atoms with Gasteiger partial charge in [0.2, 0.25) is 0 Å². The van der Waals surface area contributed by atoms with Crippen molar-refractivity contribution >= 4 is 33.2 Å². The molecule has 8 nitrogen and oxygen atoms in total. The number of nitrogens with zero attached hydrogens (tertiary/aromatic N) is 1. The Morgan fingerprint density at radius 3 is 1.70 bits per heavy atom. The van der Waals surface area contributed by atoms with Gasteiger partial charge in [0.05, 0.1) is 4.90 Å². The Bertz CT molecular complexity index is 1190. The minimum atomic E-state index is -3.72. The van der Waals surface area contributed by atoms with Gasteiger partial charge in [0.1, 0.15) is 0 Å². The fourth-order valence-corrected chi connectivity index (χ4v) is 4.25. The lowest BCUT2D eigenvalue weighted by Gasteiger charge is -2.21. The third-order valence-corrected chi connectivity index (χ3v) is 6.40. The van der Waals surface area contributed by atoms with Crippen molar-refractivity contribution < 1.29 is 18.0 Å². The van der Waals surface area contributed by atoms with Crippen LogP contribution in [0, 0.1) is 0 Å². The number of nitrogens with one attached hydrogen (secondary N) is 3. The Kier molecular flexibility index (Phi) is 7.68. The van der Waals surface area contributed by atoms with Crippen LogP contribution in [0.4, 0.5) is 11.4 Å². The second-order valence-electron chi connectivity index (χ2n) is 7.12. The normalized spacial score (nSPS) is 10.8. The van der Waals surface area contributed by atoms with E-state index in [1.165, 1.54) is 36.4 Å². The summed E-state index contributed by atoms with van der Waals surface area (Å²) in [6.07, 6.45) is 0. The van der Waals surface area contributed by atoms with Crippen molar-refractivity contribution in [3.05, 3.63) is 90.0 Å². The SMILES string of the molecule is CCN(CC)c1ccc(C(=O)NNC(=O)c2ccc(NS(=O)(=O)c3ccccc3)cc2)cc1. The summed E-state index contributed by atoms with van der Waals surface area (Å²) >= 11 is 0. The second-order valence-corrected chi connectivity index (χ2v) is 8.81.